The molecule has 0 N–H and O–H groups in total. The summed E-state index contributed by atoms with van der Waals surface area (Å²) >= 11 is 0. The zero-order valence-electron chi connectivity index (χ0n) is 54.3. The van der Waals surface area contributed by atoms with Gasteiger partial charge >= 0.3 is 17.9 Å². The molecule has 81 heavy (non-hydrogen) atoms. The van der Waals surface area contributed by atoms with Gasteiger partial charge in [0.15, 0.2) is 6.10 Å². The third kappa shape index (κ3) is 67.8. The lowest BCUT2D eigenvalue weighted by molar-refractivity contribution is -0.167. The fourth-order valence-electron chi connectivity index (χ4n) is 10.7. The molecule has 0 aromatic heterocycles. The van der Waals surface area contributed by atoms with Gasteiger partial charge in [-0.1, -0.05) is 338 Å². The van der Waals surface area contributed by atoms with Gasteiger partial charge in [0.05, 0.1) is 0 Å². The van der Waals surface area contributed by atoms with Crippen LogP contribution in [-0.2, 0) is 28.6 Å². The van der Waals surface area contributed by atoms with Gasteiger partial charge in [-0.2, -0.15) is 0 Å². The van der Waals surface area contributed by atoms with Crippen LogP contribution >= 0.6 is 0 Å². The number of esters is 3. The SMILES string of the molecule is CC/C=C\C/C=C\C/C=C\C/C=C\CCCCCCC(=O)OCC(COC(=O)CCCCCCCCCCCCCCCCC/C=C\CCCCCCCCCC)OC(=O)CCCCCCCCCCCCCCCCCCCCC. The Morgan fingerprint density at radius 3 is 0.765 bits per heavy atom. The molecule has 0 spiro atoms. The largest absolute Gasteiger partial charge is 0.462 e. The van der Waals surface area contributed by atoms with Crippen molar-refractivity contribution in [2.45, 2.75) is 386 Å². The molecular formula is C75H136O6. The van der Waals surface area contributed by atoms with E-state index in [0.717, 1.165) is 96.3 Å². The maximum absolute atomic E-state index is 13.0. The van der Waals surface area contributed by atoms with E-state index in [1.807, 2.05) is 0 Å². The van der Waals surface area contributed by atoms with E-state index < -0.39 is 6.10 Å². The van der Waals surface area contributed by atoms with Crippen molar-refractivity contribution >= 4 is 17.9 Å². The van der Waals surface area contributed by atoms with Crippen LogP contribution in [0.3, 0.4) is 0 Å². The molecule has 0 saturated carbocycles. The van der Waals surface area contributed by atoms with Crippen molar-refractivity contribution in [1.29, 1.82) is 0 Å². The number of ether oxygens (including phenoxy) is 3. The number of hydrogen-bond acceptors (Lipinski definition) is 6. The second-order valence-electron chi connectivity index (χ2n) is 24.1. The molecule has 0 aliphatic carbocycles. The van der Waals surface area contributed by atoms with Gasteiger partial charge in [-0.15, -0.1) is 0 Å². The topological polar surface area (TPSA) is 78.9 Å². The van der Waals surface area contributed by atoms with E-state index in [2.05, 4.69) is 81.5 Å². The van der Waals surface area contributed by atoms with Gasteiger partial charge in [-0.25, -0.2) is 0 Å². The van der Waals surface area contributed by atoms with Crippen molar-refractivity contribution in [3.63, 3.8) is 0 Å². The first-order valence-electron chi connectivity index (χ1n) is 35.8. The number of carbonyl (C=O) groups is 3. The van der Waals surface area contributed by atoms with Crippen molar-refractivity contribution in [3.05, 3.63) is 60.8 Å². The van der Waals surface area contributed by atoms with Crippen molar-refractivity contribution in [2.24, 2.45) is 0 Å². The molecule has 0 aliphatic heterocycles. The highest BCUT2D eigenvalue weighted by Crippen LogP contribution is 2.18. The lowest BCUT2D eigenvalue weighted by Gasteiger charge is -2.18. The van der Waals surface area contributed by atoms with Crippen molar-refractivity contribution in [2.75, 3.05) is 13.2 Å². The summed E-state index contributed by atoms with van der Waals surface area (Å²) in [4.78, 5) is 38.5. The molecule has 6 heteroatoms. The summed E-state index contributed by atoms with van der Waals surface area (Å²) in [5.74, 6) is -0.876. The summed E-state index contributed by atoms with van der Waals surface area (Å²) < 4.78 is 17.0. The first-order chi connectivity index (χ1) is 40.0. The van der Waals surface area contributed by atoms with Crippen LogP contribution in [-0.4, -0.2) is 37.2 Å². The lowest BCUT2D eigenvalue weighted by atomic mass is 10.0. The number of allylic oxidation sites excluding steroid dienone is 10. The Labute approximate surface area is 504 Å². The average Bonchev–Trinajstić information content (AvgIpc) is 3.47. The number of unbranched alkanes of at least 4 members (excludes halogenated alkanes) is 45. The highest BCUT2D eigenvalue weighted by molar-refractivity contribution is 5.71. The van der Waals surface area contributed by atoms with Crippen molar-refractivity contribution < 1.29 is 28.6 Å². The maximum atomic E-state index is 13.0. The summed E-state index contributed by atoms with van der Waals surface area (Å²) in [6.45, 7) is 6.58. The van der Waals surface area contributed by atoms with Crippen LogP contribution in [0.1, 0.15) is 380 Å². The Balaban J connectivity index is 4.29. The normalized spacial score (nSPS) is 12.4. The fourth-order valence-corrected chi connectivity index (χ4v) is 10.7. The van der Waals surface area contributed by atoms with Crippen molar-refractivity contribution in [1.82, 2.24) is 0 Å². The minimum atomic E-state index is -0.784. The molecule has 1 atom stereocenters. The minimum absolute atomic E-state index is 0.0777. The first kappa shape index (κ1) is 78.1. The van der Waals surface area contributed by atoms with Gasteiger partial charge in [0.25, 0.3) is 0 Å². The monoisotopic (exact) mass is 1130 g/mol. The zero-order chi connectivity index (χ0) is 58.5. The first-order valence-corrected chi connectivity index (χ1v) is 35.8. The quantitative estimate of drug-likeness (QED) is 0.0261. The number of rotatable bonds is 66. The highest BCUT2D eigenvalue weighted by atomic mass is 16.6. The summed E-state index contributed by atoms with van der Waals surface area (Å²) in [6.07, 6.45) is 89.7. The van der Waals surface area contributed by atoms with Crippen molar-refractivity contribution in [3.8, 4) is 0 Å². The summed E-state index contributed by atoms with van der Waals surface area (Å²) in [6, 6.07) is 0. The molecule has 6 nitrogen and oxygen atoms in total. The van der Waals surface area contributed by atoms with Crippen LogP contribution < -0.4 is 0 Å². The molecule has 0 rings (SSSR count). The Bertz CT molecular complexity index is 1440. The molecule has 0 radical (unpaired) electrons. The van der Waals surface area contributed by atoms with Crippen LogP contribution in [0.5, 0.6) is 0 Å². The number of carbonyl (C=O) groups excluding carboxylic acids is 3. The molecule has 0 aliphatic rings. The molecule has 0 fully saturated rings. The van der Waals surface area contributed by atoms with Gasteiger partial charge in [0.1, 0.15) is 13.2 Å². The Kier molecular flexibility index (Phi) is 67.1. The average molecular weight is 1130 g/mol. The predicted octanol–water partition coefficient (Wildman–Crippen LogP) is 24.7. The van der Waals surface area contributed by atoms with E-state index in [9.17, 15) is 14.4 Å². The van der Waals surface area contributed by atoms with E-state index in [0.29, 0.717) is 19.3 Å². The summed E-state index contributed by atoms with van der Waals surface area (Å²) in [5.41, 5.74) is 0. The van der Waals surface area contributed by atoms with E-state index in [1.165, 1.54) is 244 Å². The fraction of sp³-hybridized carbons (Fsp3) is 0.827. The standard InChI is InChI=1S/C75H136O6/c1-4-7-10-13-16-19-22-25-28-31-33-34-35-36-37-38-39-40-42-44-47-50-53-56-59-62-65-68-74(77)80-71-72(70-79-73(76)67-64-61-58-55-52-49-46-43-30-27-24-21-18-15-12-9-6-3)81-75(78)69-66-63-60-57-54-51-48-45-41-32-29-26-23-20-17-14-11-8-5-2/h9,12,18,21,27,30-31,33,46,49,72H,4-8,10-11,13-17,19-20,22-26,28-29,32,34-45,47-48,50-71H2,1-3H3/b12-9-,21-18-,30-27-,33-31-,49-46-. The highest BCUT2D eigenvalue weighted by Gasteiger charge is 2.19. The van der Waals surface area contributed by atoms with Gasteiger partial charge in [0.2, 0.25) is 0 Å². The Morgan fingerprint density at radius 2 is 0.481 bits per heavy atom. The van der Waals surface area contributed by atoms with Crippen LogP contribution in [0.4, 0.5) is 0 Å². The van der Waals surface area contributed by atoms with Gasteiger partial charge in [0, 0.05) is 19.3 Å². The molecule has 0 heterocycles. The van der Waals surface area contributed by atoms with Crippen LogP contribution in [0.15, 0.2) is 60.8 Å². The Morgan fingerprint density at radius 1 is 0.259 bits per heavy atom. The molecule has 0 saturated heterocycles. The molecular weight excluding hydrogens is 997 g/mol. The summed E-state index contributed by atoms with van der Waals surface area (Å²) in [5, 5.41) is 0. The third-order valence-electron chi connectivity index (χ3n) is 16.0. The second kappa shape index (κ2) is 69.6. The molecule has 1 unspecified atom stereocenters. The van der Waals surface area contributed by atoms with Crippen LogP contribution in [0.2, 0.25) is 0 Å². The lowest BCUT2D eigenvalue weighted by Crippen LogP contribution is -2.30. The molecule has 0 amide bonds. The zero-order valence-corrected chi connectivity index (χ0v) is 54.3. The molecule has 472 valence electrons. The van der Waals surface area contributed by atoms with E-state index in [-0.39, 0.29) is 31.1 Å². The summed E-state index contributed by atoms with van der Waals surface area (Å²) in [7, 11) is 0. The molecule has 0 aromatic carbocycles. The second-order valence-corrected chi connectivity index (χ2v) is 24.1. The van der Waals surface area contributed by atoms with Gasteiger partial charge in [-0.3, -0.25) is 14.4 Å². The van der Waals surface area contributed by atoms with Gasteiger partial charge < -0.3 is 14.2 Å². The van der Waals surface area contributed by atoms with Crippen LogP contribution in [0, 0.1) is 0 Å². The number of hydrogen-bond donors (Lipinski definition) is 0. The van der Waals surface area contributed by atoms with E-state index >= 15 is 0 Å². The minimum Gasteiger partial charge on any atom is -0.462 e. The van der Waals surface area contributed by atoms with E-state index in [4.69, 9.17) is 14.2 Å². The Hall–Kier alpha value is -2.89. The molecule has 0 aromatic rings. The third-order valence-corrected chi connectivity index (χ3v) is 16.0. The predicted molar refractivity (Wildman–Crippen MR) is 353 cm³/mol. The maximum Gasteiger partial charge on any atom is 0.306 e. The smallest absolute Gasteiger partial charge is 0.306 e. The van der Waals surface area contributed by atoms with E-state index in [1.54, 1.807) is 0 Å². The van der Waals surface area contributed by atoms with Gasteiger partial charge in [-0.05, 0) is 83.5 Å². The molecule has 0 bridgehead atoms. The van der Waals surface area contributed by atoms with Crippen LogP contribution in [0.25, 0.3) is 0 Å².